The summed E-state index contributed by atoms with van der Waals surface area (Å²) in [5.41, 5.74) is 4.49. The number of nitrogens with zero attached hydrogens (tertiary/aromatic N) is 4. The van der Waals surface area contributed by atoms with Crippen LogP contribution in [0.3, 0.4) is 0 Å². The lowest BCUT2D eigenvalue weighted by molar-refractivity contribution is -0.0526. The summed E-state index contributed by atoms with van der Waals surface area (Å²) in [4.78, 5) is 28.1. The number of anilines is 1. The van der Waals surface area contributed by atoms with Gasteiger partial charge in [-0.05, 0) is 24.6 Å². The van der Waals surface area contributed by atoms with Gasteiger partial charge in [0, 0.05) is 5.56 Å². The summed E-state index contributed by atoms with van der Waals surface area (Å²) in [6, 6.07) is 1.36. The molecule has 0 saturated carbocycles. The van der Waals surface area contributed by atoms with Crippen molar-refractivity contribution in [3.8, 4) is 17.1 Å². The third-order valence-electron chi connectivity index (χ3n) is 4.71. The van der Waals surface area contributed by atoms with E-state index in [-0.39, 0.29) is 39.9 Å². The summed E-state index contributed by atoms with van der Waals surface area (Å²) in [6.07, 6.45) is 2.60. The van der Waals surface area contributed by atoms with E-state index in [0.29, 0.717) is 0 Å². The van der Waals surface area contributed by atoms with Gasteiger partial charge in [-0.1, -0.05) is 6.07 Å². The van der Waals surface area contributed by atoms with Crippen LogP contribution in [0, 0.1) is 12.7 Å². The van der Waals surface area contributed by atoms with Crippen LogP contribution in [-0.4, -0.2) is 33.0 Å². The number of aryl methyl sites for hydroxylation is 1. The molecule has 1 aliphatic rings. The third-order valence-corrected chi connectivity index (χ3v) is 4.71. The molecule has 1 atom stereocenters. The minimum atomic E-state index is -3.66. The highest BCUT2D eigenvalue weighted by atomic mass is 19.3. The number of amides is 1. The van der Waals surface area contributed by atoms with Gasteiger partial charge in [-0.3, -0.25) is 9.78 Å². The Kier molecular flexibility index (Phi) is 4.52. The molecule has 0 fully saturated rings. The van der Waals surface area contributed by atoms with E-state index in [9.17, 15) is 9.18 Å². The lowest BCUT2D eigenvalue weighted by atomic mass is 9.87. The SMILES string of the molecule is COc1cncc(-c2cc(F)ccc2[C@@H]2NC(=O)c3c(C)nc(N)nc3C2(F)F)n1. The van der Waals surface area contributed by atoms with Gasteiger partial charge >= 0.3 is 5.92 Å². The molecular weight excluding hydrogens is 401 g/mol. The van der Waals surface area contributed by atoms with Crippen molar-refractivity contribution in [1.82, 2.24) is 25.3 Å². The van der Waals surface area contributed by atoms with E-state index in [1.807, 2.05) is 0 Å². The van der Waals surface area contributed by atoms with E-state index in [1.54, 1.807) is 0 Å². The number of carbonyl (C=O) groups is 1. The molecule has 0 saturated heterocycles. The van der Waals surface area contributed by atoms with E-state index in [0.717, 1.165) is 18.2 Å². The number of hydrogen-bond acceptors (Lipinski definition) is 7. The van der Waals surface area contributed by atoms with Crippen LogP contribution in [0.2, 0.25) is 0 Å². The largest absolute Gasteiger partial charge is 0.480 e. The number of rotatable bonds is 3. The number of aromatic nitrogens is 4. The maximum absolute atomic E-state index is 15.5. The van der Waals surface area contributed by atoms with Crippen molar-refractivity contribution in [1.29, 1.82) is 0 Å². The van der Waals surface area contributed by atoms with Gasteiger partial charge in [-0.15, -0.1) is 0 Å². The number of carbonyl (C=O) groups excluding carboxylic acids is 1. The van der Waals surface area contributed by atoms with Crippen LogP contribution in [0.5, 0.6) is 5.88 Å². The summed E-state index contributed by atoms with van der Waals surface area (Å²) >= 11 is 0. The topological polar surface area (TPSA) is 116 Å². The molecule has 0 unspecified atom stereocenters. The molecule has 0 bridgehead atoms. The molecule has 3 heterocycles. The van der Waals surface area contributed by atoms with Gasteiger partial charge in [0.05, 0.1) is 36.5 Å². The third kappa shape index (κ3) is 3.08. The second-order valence-electron chi connectivity index (χ2n) is 6.60. The highest BCUT2D eigenvalue weighted by Crippen LogP contribution is 2.47. The van der Waals surface area contributed by atoms with Crippen molar-refractivity contribution in [2.75, 3.05) is 12.8 Å². The molecule has 3 N–H and O–H groups in total. The van der Waals surface area contributed by atoms with Gasteiger partial charge in [0.2, 0.25) is 11.8 Å². The lowest BCUT2D eigenvalue weighted by Gasteiger charge is -2.34. The summed E-state index contributed by atoms with van der Waals surface area (Å²) in [6.45, 7) is 1.39. The first kappa shape index (κ1) is 19.6. The van der Waals surface area contributed by atoms with Crippen molar-refractivity contribution >= 4 is 11.9 Å². The average Bonchev–Trinajstić information content (AvgIpc) is 2.70. The number of nitrogens with one attached hydrogen (secondary N) is 1. The molecule has 154 valence electrons. The van der Waals surface area contributed by atoms with Crippen molar-refractivity contribution < 1.29 is 22.7 Å². The Hall–Kier alpha value is -3.76. The van der Waals surface area contributed by atoms with Crippen molar-refractivity contribution in [3.05, 3.63) is 58.9 Å². The monoisotopic (exact) mass is 416 g/mol. The van der Waals surface area contributed by atoms with Crippen LogP contribution in [-0.2, 0) is 5.92 Å². The fraction of sp³-hybridized carbons (Fsp3) is 0.211. The first-order valence-electron chi connectivity index (χ1n) is 8.71. The second-order valence-corrected chi connectivity index (χ2v) is 6.60. The number of alkyl halides is 2. The van der Waals surface area contributed by atoms with Crippen LogP contribution >= 0.6 is 0 Å². The van der Waals surface area contributed by atoms with Crippen molar-refractivity contribution in [3.63, 3.8) is 0 Å². The maximum atomic E-state index is 15.5. The molecule has 1 amide bonds. The first-order valence-corrected chi connectivity index (χ1v) is 8.71. The Morgan fingerprint density at radius 2 is 1.97 bits per heavy atom. The summed E-state index contributed by atoms with van der Waals surface area (Å²) in [7, 11) is 1.36. The van der Waals surface area contributed by atoms with E-state index < -0.39 is 29.4 Å². The molecule has 1 aliphatic heterocycles. The average molecular weight is 416 g/mol. The van der Waals surface area contributed by atoms with Gasteiger partial charge < -0.3 is 15.8 Å². The van der Waals surface area contributed by atoms with Gasteiger partial charge in [0.15, 0.2) is 0 Å². The zero-order valence-corrected chi connectivity index (χ0v) is 15.8. The predicted molar refractivity (Wildman–Crippen MR) is 99.3 cm³/mol. The van der Waals surface area contributed by atoms with Gasteiger partial charge in [-0.2, -0.15) is 8.78 Å². The molecule has 4 rings (SSSR count). The molecule has 0 radical (unpaired) electrons. The Balaban J connectivity index is 1.92. The van der Waals surface area contributed by atoms with Crippen LogP contribution in [0.1, 0.15) is 33.4 Å². The summed E-state index contributed by atoms with van der Waals surface area (Å²) < 4.78 is 50.0. The number of nitrogen functional groups attached to an aromatic ring is 1. The Morgan fingerprint density at radius 1 is 1.20 bits per heavy atom. The Morgan fingerprint density at radius 3 is 2.70 bits per heavy atom. The standard InChI is InChI=1S/C19H15F3N6O2/c1-8-14-16(28-18(23)25-8)19(21,22)15(27-17(14)29)10-4-3-9(20)5-11(10)12-6-24-7-13(26-12)30-2/h3-7,15H,1-2H3,(H,27,29)(H2,23,25,28)/t15-/m0/s1. The van der Waals surface area contributed by atoms with Crippen molar-refractivity contribution in [2.45, 2.75) is 18.9 Å². The normalized spacial score (nSPS) is 17.2. The van der Waals surface area contributed by atoms with Crippen LogP contribution in [0.25, 0.3) is 11.3 Å². The number of ether oxygens (including phenoxy) is 1. The van der Waals surface area contributed by atoms with Crippen LogP contribution < -0.4 is 15.8 Å². The van der Waals surface area contributed by atoms with E-state index in [4.69, 9.17) is 10.5 Å². The van der Waals surface area contributed by atoms with E-state index >= 15 is 8.78 Å². The molecule has 0 aliphatic carbocycles. The molecular formula is C19H15F3N6O2. The first-order chi connectivity index (χ1) is 14.2. The minimum Gasteiger partial charge on any atom is -0.480 e. The number of benzene rings is 1. The van der Waals surface area contributed by atoms with Crippen LogP contribution in [0.4, 0.5) is 19.1 Å². The molecule has 3 aromatic rings. The van der Waals surface area contributed by atoms with Crippen molar-refractivity contribution in [2.24, 2.45) is 0 Å². The van der Waals surface area contributed by atoms with Crippen LogP contribution in [0.15, 0.2) is 30.6 Å². The number of hydrogen-bond donors (Lipinski definition) is 2. The van der Waals surface area contributed by atoms with Gasteiger partial charge in [-0.25, -0.2) is 19.3 Å². The maximum Gasteiger partial charge on any atom is 0.314 e. The second kappa shape index (κ2) is 6.94. The molecule has 8 nitrogen and oxygen atoms in total. The highest BCUT2D eigenvalue weighted by molar-refractivity contribution is 5.98. The number of methoxy groups -OCH3 is 1. The summed E-state index contributed by atoms with van der Waals surface area (Å²) in [5, 5.41) is 2.29. The molecule has 11 heteroatoms. The number of nitrogens with two attached hydrogens (primary N) is 1. The number of halogens is 3. The Labute approximate surface area is 168 Å². The molecule has 30 heavy (non-hydrogen) atoms. The highest BCUT2D eigenvalue weighted by Gasteiger charge is 2.52. The smallest absolute Gasteiger partial charge is 0.314 e. The fourth-order valence-electron chi connectivity index (χ4n) is 3.39. The number of fused-ring (bicyclic) bond motifs is 1. The molecule has 2 aromatic heterocycles. The lowest BCUT2D eigenvalue weighted by Crippen LogP contribution is -2.46. The zero-order chi connectivity index (χ0) is 21.6. The fourth-order valence-corrected chi connectivity index (χ4v) is 3.39. The molecule has 1 aromatic carbocycles. The quantitative estimate of drug-likeness (QED) is 0.674. The predicted octanol–water partition coefficient (Wildman–Crippen LogP) is 2.55. The van der Waals surface area contributed by atoms with Gasteiger partial charge in [0.25, 0.3) is 5.91 Å². The Bertz CT molecular complexity index is 1170. The van der Waals surface area contributed by atoms with E-state index in [2.05, 4.69) is 25.3 Å². The minimum absolute atomic E-state index is 0.0218. The summed E-state index contributed by atoms with van der Waals surface area (Å²) in [5.74, 6) is -5.39. The van der Waals surface area contributed by atoms with Gasteiger partial charge in [0.1, 0.15) is 17.6 Å². The molecule has 0 spiro atoms. The van der Waals surface area contributed by atoms with E-state index in [1.165, 1.54) is 26.4 Å². The zero-order valence-electron chi connectivity index (χ0n) is 15.8.